The maximum absolute atomic E-state index is 12.3. The van der Waals surface area contributed by atoms with Crippen molar-refractivity contribution in [2.24, 2.45) is 0 Å². The Bertz CT molecular complexity index is 2190. The fraction of sp³-hybridized carbons (Fsp3) is 0.621. The van der Waals surface area contributed by atoms with E-state index in [0.29, 0.717) is 6.42 Å². The fourth-order valence-electron chi connectivity index (χ4n) is 8.73. The molecule has 0 amide bonds. The van der Waals surface area contributed by atoms with Gasteiger partial charge < -0.3 is 39.4 Å². The predicted molar refractivity (Wildman–Crippen MR) is 319 cm³/mol. The van der Waals surface area contributed by atoms with E-state index in [4.69, 9.17) is 9.26 Å². The molecule has 1 heterocycles. The predicted octanol–water partition coefficient (Wildman–Crippen LogP) is 16.0. The van der Waals surface area contributed by atoms with Gasteiger partial charge in [-0.2, -0.15) is 0 Å². The molecule has 1 fully saturated rings. The Kier molecular flexibility index (Phi) is 38.3. The van der Waals surface area contributed by atoms with Gasteiger partial charge in [0.1, 0.15) is 24.4 Å². The van der Waals surface area contributed by atoms with E-state index in [9.17, 15) is 34.7 Å². The van der Waals surface area contributed by atoms with Crippen LogP contribution in [0, 0.1) is 0 Å². The number of carbonyl (C=O) groups excluding carboxylic acids is 1. The zero-order valence-electron chi connectivity index (χ0n) is 50.2. The first-order chi connectivity index (χ1) is 36.4. The van der Waals surface area contributed by atoms with Gasteiger partial charge in [0.05, 0.1) is 12.6 Å². The lowest BCUT2D eigenvalue weighted by Gasteiger charge is -2.41. The number of carboxylic acid groups (broad SMARTS) is 1. The number of ether oxygens (including phenoxy) is 1. The Labute approximate surface area is 468 Å². The molecule has 77 heavy (non-hydrogen) atoms. The number of aliphatic carboxylic acids is 1. The van der Waals surface area contributed by atoms with Crippen molar-refractivity contribution in [2.45, 2.75) is 262 Å². The van der Waals surface area contributed by atoms with E-state index in [1.165, 1.54) is 74.1 Å². The second-order valence-electron chi connectivity index (χ2n) is 22.3. The number of hydrogen-bond donors (Lipinski definition) is 3. The summed E-state index contributed by atoms with van der Waals surface area (Å²) in [5, 5.41) is 40.7. The normalized spacial score (nSPS) is 21.2. The van der Waals surface area contributed by atoms with Gasteiger partial charge in [0, 0.05) is 0 Å². The molecule has 1 unspecified atom stereocenters. The lowest BCUT2D eigenvalue weighted by Crippen LogP contribution is -2.62. The molecule has 0 aromatic carbocycles. The summed E-state index contributed by atoms with van der Waals surface area (Å²) in [4.78, 5) is 23.4. The summed E-state index contributed by atoms with van der Waals surface area (Å²) in [7, 11) is -5.08. The molecule has 6 atom stereocenters. The van der Waals surface area contributed by atoms with Crippen LogP contribution in [0.3, 0.4) is 0 Å². The van der Waals surface area contributed by atoms with E-state index in [0.717, 1.165) is 128 Å². The first-order valence-electron chi connectivity index (χ1n) is 28.8. The van der Waals surface area contributed by atoms with Crippen LogP contribution in [0.4, 0.5) is 0 Å². The molecular weight excluding hydrogens is 984 g/mol. The summed E-state index contributed by atoms with van der Waals surface area (Å²) in [6, 6.07) is 0. The summed E-state index contributed by atoms with van der Waals surface area (Å²) in [5.74, 6) is -1.91. The number of hydrogen-bond acceptors (Lipinski definition) is 10. The zero-order chi connectivity index (χ0) is 57.8. The van der Waals surface area contributed by atoms with E-state index in [1.807, 2.05) is 6.92 Å². The van der Waals surface area contributed by atoms with Gasteiger partial charge in [0.2, 0.25) is 0 Å². The molecule has 0 saturated carbocycles. The number of carbonyl (C=O) groups is 1. The minimum Gasteiger partial charge on any atom is -0.756 e. The van der Waals surface area contributed by atoms with Crippen molar-refractivity contribution < 1.29 is 48.5 Å². The molecule has 1 aliphatic heterocycles. The number of phosphoric acid groups is 1. The zero-order valence-corrected chi connectivity index (χ0v) is 51.1. The molecule has 0 aromatic heterocycles. The lowest BCUT2D eigenvalue weighted by atomic mass is 9.99. The maximum atomic E-state index is 12.3. The highest BCUT2D eigenvalue weighted by molar-refractivity contribution is 7.45. The standard InChI is InChI=1S/C66H107O10P/c1-49(2)25-14-26-50(3)27-15-28-51(4)29-16-30-52(5)31-17-32-53(6)33-18-34-54(7)35-19-36-55(8)37-20-38-56(9)39-21-40-57(10)41-22-42-58(11)43-23-44-59(12)45-24-46-60(13)47-48-74-77(72,73)76-66-63(69)61(67)62(68)64(75-66)65(70)71/h25,27,29,31,33,35,37,39,41,43,45,47,61-64,66-69H,14-24,26,28,30,32,34,36,38,40,42,44,46,48H2,1-13H3,(H,70,71)(H,72,73)/p-2/b50-27+,51-29+,52-31-,53-33-,54-35-,55-37-,56-39-,57-41-,58-43-,59-45-,60-47-/t61-,62+,63+,64-,66-/m0/s1. The van der Waals surface area contributed by atoms with Crippen molar-refractivity contribution in [3.05, 3.63) is 140 Å². The highest BCUT2D eigenvalue weighted by Crippen LogP contribution is 2.42. The van der Waals surface area contributed by atoms with Crippen LogP contribution in [-0.4, -0.2) is 58.6 Å². The van der Waals surface area contributed by atoms with E-state index < -0.39 is 44.5 Å². The second-order valence-corrected chi connectivity index (χ2v) is 23.7. The van der Waals surface area contributed by atoms with Crippen LogP contribution in [0.15, 0.2) is 140 Å². The minimum atomic E-state index is -5.08. The van der Waals surface area contributed by atoms with Crippen LogP contribution in [0.5, 0.6) is 0 Å². The van der Waals surface area contributed by atoms with Gasteiger partial charge >= 0.3 is 0 Å². The maximum Gasteiger partial charge on any atom is 0.270 e. The Hall–Kier alpha value is -3.70. The monoisotopic (exact) mass is 1090 g/mol. The number of carboxylic acids is 1. The molecule has 1 saturated heterocycles. The van der Waals surface area contributed by atoms with Crippen molar-refractivity contribution >= 4 is 13.8 Å². The molecule has 1 rings (SSSR count). The third kappa shape index (κ3) is 37.0. The number of aliphatic hydroxyl groups is 3. The minimum absolute atomic E-state index is 0.353. The average molecular weight is 1090 g/mol. The van der Waals surface area contributed by atoms with Crippen LogP contribution in [0.1, 0.15) is 231 Å². The van der Waals surface area contributed by atoms with Crippen molar-refractivity contribution in [3.8, 4) is 0 Å². The van der Waals surface area contributed by atoms with Crippen LogP contribution in [0.2, 0.25) is 0 Å². The van der Waals surface area contributed by atoms with E-state index in [2.05, 4.69) is 154 Å². The molecule has 3 N–H and O–H groups in total. The largest absolute Gasteiger partial charge is 0.756 e. The summed E-state index contributed by atoms with van der Waals surface area (Å²) in [5.41, 5.74) is 16.9. The van der Waals surface area contributed by atoms with Gasteiger partial charge in [0.15, 0.2) is 6.29 Å². The molecule has 0 aromatic rings. The van der Waals surface area contributed by atoms with E-state index in [1.54, 1.807) is 6.08 Å². The Morgan fingerprint density at radius 1 is 0.403 bits per heavy atom. The van der Waals surface area contributed by atoms with Crippen LogP contribution >= 0.6 is 7.82 Å². The first-order valence-corrected chi connectivity index (χ1v) is 30.2. The summed E-state index contributed by atoms with van der Waals surface area (Å²) >= 11 is 0. The average Bonchev–Trinajstić information content (AvgIpc) is 3.33. The third-order valence-corrected chi connectivity index (χ3v) is 15.0. The number of allylic oxidation sites excluding steroid dienone is 23. The van der Waals surface area contributed by atoms with Crippen molar-refractivity contribution in [3.63, 3.8) is 0 Å². The molecule has 1 aliphatic rings. The van der Waals surface area contributed by atoms with Crippen molar-refractivity contribution in [1.29, 1.82) is 0 Å². The topological polar surface area (TPSA) is 169 Å². The highest BCUT2D eigenvalue weighted by Gasteiger charge is 2.46. The van der Waals surface area contributed by atoms with Gasteiger partial charge in [-0.15, -0.1) is 0 Å². The van der Waals surface area contributed by atoms with Crippen LogP contribution < -0.4 is 10.00 Å². The highest BCUT2D eigenvalue weighted by atomic mass is 31.2. The molecule has 436 valence electrons. The molecule has 0 bridgehead atoms. The Morgan fingerprint density at radius 3 is 0.870 bits per heavy atom. The summed E-state index contributed by atoms with van der Waals surface area (Å²) in [6.07, 6.45) is 41.2. The molecular formula is C66H105O10P-2. The van der Waals surface area contributed by atoms with Crippen molar-refractivity contribution in [2.75, 3.05) is 6.61 Å². The summed E-state index contributed by atoms with van der Waals surface area (Å²) < 4.78 is 26.5. The Morgan fingerprint density at radius 2 is 0.636 bits per heavy atom. The number of phosphoric ester groups is 1. The fourth-order valence-corrected chi connectivity index (χ4v) is 9.48. The molecule has 11 heteroatoms. The third-order valence-electron chi connectivity index (χ3n) is 14.1. The van der Waals surface area contributed by atoms with E-state index >= 15 is 0 Å². The first kappa shape index (κ1) is 71.3. The SMILES string of the molecule is CC(C)=CCC/C(C)=C/CC/C(C)=C/CC/C(C)=C\CC/C(C)=C\CC/C(C)=C\CC/C(C)=C\CC/C(C)=C\CC/C(C)=C\CC/C(C)=C\CC/C(C)=C\CC/C(C)=C\COP(=O)([O-])O[C@@H]1O[C@H](C(=O)[O-])[C@H](O)[C@H](O)[C@H]1O. The van der Waals surface area contributed by atoms with Gasteiger partial charge in [-0.05, 0) is 231 Å². The second kappa shape index (κ2) is 41.3. The van der Waals surface area contributed by atoms with Gasteiger partial charge in [-0.1, -0.05) is 140 Å². The smallest absolute Gasteiger partial charge is 0.270 e. The van der Waals surface area contributed by atoms with Crippen LogP contribution in [0.25, 0.3) is 0 Å². The number of rotatable bonds is 39. The molecule has 0 radical (unpaired) electrons. The summed E-state index contributed by atoms with van der Waals surface area (Å²) in [6.45, 7) is 28.4. The molecule has 10 nitrogen and oxygen atoms in total. The number of aliphatic hydroxyl groups excluding tert-OH is 3. The van der Waals surface area contributed by atoms with E-state index in [-0.39, 0.29) is 6.61 Å². The van der Waals surface area contributed by atoms with Gasteiger partial charge in [-0.25, -0.2) is 0 Å². The molecule has 0 spiro atoms. The Balaban J connectivity index is 2.27. The van der Waals surface area contributed by atoms with Crippen molar-refractivity contribution in [1.82, 2.24) is 0 Å². The quantitative estimate of drug-likeness (QED) is 0.0398. The lowest BCUT2D eigenvalue weighted by molar-refractivity contribution is -0.348. The molecule has 0 aliphatic carbocycles. The van der Waals surface area contributed by atoms with Gasteiger partial charge in [0.25, 0.3) is 7.82 Å². The van der Waals surface area contributed by atoms with Gasteiger partial charge in [-0.3, -0.25) is 9.09 Å². The van der Waals surface area contributed by atoms with Crippen LogP contribution in [-0.2, 0) is 23.1 Å².